The Hall–Kier alpha value is -3.40. The van der Waals surface area contributed by atoms with Crippen molar-refractivity contribution < 1.29 is 18.0 Å². The topological polar surface area (TPSA) is 110 Å². The van der Waals surface area contributed by atoms with Crippen LogP contribution >= 0.6 is 0 Å². The van der Waals surface area contributed by atoms with Gasteiger partial charge in [0.15, 0.2) is 0 Å². The average molecular weight is 414 g/mol. The maximum absolute atomic E-state index is 12.7. The maximum atomic E-state index is 12.7. The summed E-state index contributed by atoms with van der Waals surface area (Å²) in [4.78, 5) is 36.7. The van der Waals surface area contributed by atoms with Crippen LogP contribution in [0.1, 0.15) is 12.8 Å². The van der Waals surface area contributed by atoms with Crippen LogP contribution in [-0.4, -0.2) is 29.4 Å². The third kappa shape index (κ3) is 3.11. The Balaban J connectivity index is 1.63. The molecule has 1 fully saturated rings. The van der Waals surface area contributed by atoms with Gasteiger partial charge in [0.1, 0.15) is 0 Å². The summed E-state index contributed by atoms with van der Waals surface area (Å²) < 4.78 is 30.9. The van der Waals surface area contributed by atoms with Gasteiger partial charge in [-0.15, -0.1) is 0 Å². The number of benzene rings is 2. The van der Waals surface area contributed by atoms with E-state index in [-0.39, 0.29) is 35.2 Å². The molecule has 2 heterocycles. The SMILES string of the molecule is Cn1c(=O)n(C)c2cc(NS(=O)(=O)c3ccc(N4C(=O)CCC4=O)cc3)ccc21. The van der Waals surface area contributed by atoms with Crippen molar-refractivity contribution in [2.75, 3.05) is 9.62 Å². The van der Waals surface area contributed by atoms with Gasteiger partial charge in [-0.3, -0.25) is 28.3 Å². The van der Waals surface area contributed by atoms with Gasteiger partial charge in [-0.2, -0.15) is 0 Å². The number of imide groups is 1. The number of hydrogen-bond donors (Lipinski definition) is 1. The first kappa shape index (κ1) is 18.9. The Labute approximate surface area is 166 Å². The van der Waals surface area contributed by atoms with Crippen LogP contribution in [0.15, 0.2) is 52.2 Å². The van der Waals surface area contributed by atoms with Crippen LogP contribution in [0.25, 0.3) is 11.0 Å². The summed E-state index contributed by atoms with van der Waals surface area (Å²) in [6, 6.07) is 10.4. The summed E-state index contributed by atoms with van der Waals surface area (Å²) >= 11 is 0. The van der Waals surface area contributed by atoms with Crippen LogP contribution < -0.4 is 15.3 Å². The van der Waals surface area contributed by atoms with E-state index in [4.69, 9.17) is 0 Å². The lowest BCUT2D eigenvalue weighted by molar-refractivity contribution is -0.121. The number of fused-ring (bicyclic) bond motifs is 1. The number of nitrogens with one attached hydrogen (secondary N) is 1. The van der Waals surface area contributed by atoms with Crippen molar-refractivity contribution in [3.63, 3.8) is 0 Å². The molecule has 10 heteroatoms. The molecule has 0 saturated carbocycles. The highest BCUT2D eigenvalue weighted by Gasteiger charge is 2.30. The van der Waals surface area contributed by atoms with Gasteiger partial charge in [-0.1, -0.05) is 0 Å². The van der Waals surface area contributed by atoms with Crippen LogP contribution in [0.2, 0.25) is 0 Å². The van der Waals surface area contributed by atoms with E-state index in [0.29, 0.717) is 22.4 Å². The Morgan fingerprint density at radius 2 is 1.41 bits per heavy atom. The molecule has 2 amide bonds. The van der Waals surface area contributed by atoms with Gasteiger partial charge in [0.2, 0.25) is 11.8 Å². The molecule has 1 saturated heterocycles. The predicted molar refractivity (Wildman–Crippen MR) is 107 cm³/mol. The second-order valence-corrected chi connectivity index (χ2v) is 8.51. The first-order valence-corrected chi connectivity index (χ1v) is 10.3. The number of nitrogens with zero attached hydrogens (tertiary/aromatic N) is 3. The summed E-state index contributed by atoms with van der Waals surface area (Å²) in [5.41, 5.74) is 1.73. The second kappa shape index (κ2) is 6.59. The Morgan fingerprint density at radius 3 is 2.03 bits per heavy atom. The number of aromatic nitrogens is 2. The number of carbonyl (C=O) groups excluding carboxylic acids is 2. The molecule has 1 aliphatic heterocycles. The smallest absolute Gasteiger partial charge is 0.295 e. The monoisotopic (exact) mass is 414 g/mol. The van der Waals surface area contributed by atoms with Gasteiger partial charge >= 0.3 is 5.69 Å². The van der Waals surface area contributed by atoms with Crippen molar-refractivity contribution in [1.82, 2.24) is 9.13 Å². The standard InChI is InChI=1S/C19H18N4O5S/c1-21-15-8-3-12(11-16(15)22(2)19(21)26)20-29(27,28)14-6-4-13(5-7-14)23-17(24)9-10-18(23)25/h3-8,11,20H,9-10H2,1-2H3. The molecule has 0 unspecified atom stereocenters. The van der Waals surface area contributed by atoms with Gasteiger partial charge in [0.25, 0.3) is 10.0 Å². The highest BCUT2D eigenvalue weighted by Crippen LogP contribution is 2.25. The molecule has 1 aliphatic rings. The van der Waals surface area contributed by atoms with Crippen molar-refractivity contribution >= 4 is 44.2 Å². The van der Waals surface area contributed by atoms with Gasteiger partial charge in [0, 0.05) is 26.9 Å². The van der Waals surface area contributed by atoms with E-state index in [2.05, 4.69) is 4.72 Å². The van der Waals surface area contributed by atoms with Crippen LogP contribution in [-0.2, 0) is 33.7 Å². The molecule has 1 aromatic heterocycles. The molecular weight excluding hydrogens is 396 g/mol. The number of amides is 2. The molecule has 0 spiro atoms. The van der Waals surface area contributed by atoms with Gasteiger partial charge in [-0.05, 0) is 42.5 Å². The molecule has 4 rings (SSSR count). The summed E-state index contributed by atoms with van der Waals surface area (Å²) in [5, 5.41) is 0. The lowest BCUT2D eigenvalue weighted by atomic mass is 10.3. The van der Waals surface area contributed by atoms with E-state index in [9.17, 15) is 22.8 Å². The minimum atomic E-state index is -3.90. The molecular formula is C19H18N4O5S. The minimum Gasteiger partial charge on any atom is -0.295 e. The Morgan fingerprint density at radius 1 is 0.828 bits per heavy atom. The maximum Gasteiger partial charge on any atom is 0.328 e. The summed E-state index contributed by atoms with van der Waals surface area (Å²) in [6.07, 6.45) is 0.315. The van der Waals surface area contributed by atoms with Crippen LogP contribution in [0.4, 0.5) is 11.4 Å². The van der Waals surface area contributed by atoms with E-state index in [1.54, 1.807) is 32.3 Å². The minimum absolute atomic E-state index is 0.0117. The summed E-state index contributed by atoms with van der Waals surface area (Å²) in [7, 11) is -0.640. The number of anilines is 2. The zero-order valence-electron chi connectivity index (χ0n) is 15.7. The van der Waals surface area contributed by atoms with E-state index < -0.39 is 10.0 Å². The zero-order valence-corrected chi connectivity index (χ0v) is 16.6. The van der Waals surface area contributed by atoms with Crippen LogP contribution in [0.5, 0.6) is 0 Å². The van der Waals surface area contributed by atoms with Crippen molar-refractivity contribution in [2.24, 2.45) is 14.1 Å². The average Bonchev–Trinajstić information content (AvgIpc) is 3.13. The first-order valence-electron chi connectivity index (χ1n) is 8.83. The quantitative estimate of drug-likeness (QED) is 0.648. The molecule has 0 bridgehead atoms. The van der Waals surface area contributed by atoms with E-state index >= 15 is 0 Å². The molecule has 150 valence electrons. The zero-order chi connectivity index (χ0) is 20.9. The lowest BCUT2D eigenvalue weighted by Gasteiger charge is -2.14. The number of rotatable bonds is 4. The van der Waals surface area contributed by atoms with Crippen molar-refractivity contribution in [3.05, 3.63) is 52.9 Å². The van der Waals surface area contributed by atoms with Crippen molar-refractivity contribution in [1.29, 1.82) is 0 Å². The highest BCUT2D eigenvalue weighted by atomic mass is 32.2. The van der Waals surface area contributed by atoms with E-state index in [1.807, 2.05) is 0 Å². The van der Waals surface area contributed by atoms with Crippen LogP contribution in [0.3, 0.4) is 0 Å². The molecule has 0 radical (unpaired) electrons. The van der Waals surface area contributed by atoms with E-state index in [1.165, 1.54) is 33.4 Å². The Kier molecular flexibility index (Phi) is 4.30. The summed E-state index contributed by atoms with van der Waals surface area (Å²) in [5.74, 6) is -0.601. The Bertz CT molecular complexity index is 1300. The largest absolute Gasteiger partial charge is 0.328 e. The van der Waals surface area contributed by atoms with Gasteiger partial charge < -0.3 is 0 Å². The molecule has 0 aliphatic carbocycles. The first-order chi connectivity index (χ1) is 13.7. The number of hydrogen-bond acceptors (Lipinski definition) is 5. The fourth-order valence-corrected chi connectivity index (χ4v) is 4.47. The number of sulfonamides is 1. The third-order valence-corrected chi connectivity index (χ3v) is 6.38. The molecule has 1 N–H and O–H groups in total. The van der Waals surface area contributed by atoms with Crippen LogP contribution in [0, 0.1) is 0 Å². The number of aryl methyl sites for hydroxylation is 2. The normalized spacial score (nSPS) is 14.8. The van der Waals surface area contributed by atoms with E-state index in [0.717, 1.165) is 4.90 Å². The molecule has 29 heavy (non-hydrogen) atoms. The van der Waals surface area contributed by atoms with Crippen molar-refractivity contribution in [3.8, 4) is 0 Å². The van der Waals surface area contributed by atoms with Gasteiger partial charge in [-0.25, -0.2) is 13.2 Å². The molecule has 2 aromatic carbocycles. The fourth-order valence-electron chi connectivity index (χ4n) is 3.42. The summed E-state index contributed by atoms with van der Waals surface area (Å²) in [6.45, 7) is 0. The molecule has 3 aromatic rings. The molecule has 9 nitrogen and oxygen atoms in total. The second-order valence-electron chi connectivity index (χ2n) is 6.83. The fraction of sp³-hybridized carbons (Fsp3) is 0.211. The highest BCUT2D eigenvalue weighted by molar-refractivity contribution is 7.92. The van der Waals surface area contributed by atoms with Gasteiger partial charge in [0.05, 0.1) is 27.3 Å². The number of carbonyl (C=O) groups is 2. The lowest BCUT2D eigenvalue weighted by Crippen LogP contribution is -2.28. The predicted octanol–water partition coefficient (Wildman–Crippen LogP) is 1.33. The van der Waals surface area contributed by atoms with Crippen molar-refractivity contribution in [2.45, 2.75) is 17.7 Å². The third-order valence-electron chi connectivity index (χ3n) is 4.98. The number of imidazole rings is 1. The molecule has 0 atom stereocenters.